The van der Waals surface area contributed by atoms with Crippen molar-refractivity contribution in [3.05, 3.63) is 78.4 Å². The average molecular weight is 374 g/mol. The highest BCUT2D eigenvalue weighted by atomic mass is 16.5. The van der Waals surface area contributed by atoms with Gasteiger partial charge in [0.1, 0.15) is 11.5 Å². The number of nitrogens with zero attached hydrogens (tertiary/aromatic N) is 1. The van der Waals surface area contributed by atoms with Gasteiger partial charge >= 0.3 is 0 Å². The van der Waals surface area contributed by atoms with Crippen LogP contribution in [0.15, 0.2) is 72.8 Å². The van der Waals surface area contributed by atoms with Crippen LogP contribution in [0, 0.1) is 0 Å². The number of carbonyl (C=O) groups is 2. The molecule has 0 atom stereocenters. The summed E-state index contributed by atoms with van der Waals surface area (Å²) in [5, 5.41) is 2.71. The molecule has 3 aromatic rings. The van der Waals surface area contributed by atoms with Crippen molar-refractivity contribution in [3.63, 3.8) is 0 Å². The molecule has 0 spiro atoms. The minimum atomic E-state index is -0.237. The lowest BCUT2D eigenvalue weighted by atomic mass is 10.1. The number of para-hydroxylation sites is 2. The fourth-order valence-electron chi connectivity index (χ4n) is 2.94. The zero-order valence-electron chi connectivity index (χ0n) is 15.2. The zero-order chi connectivity index (χ0) is 19.5. The van der Waals surface area contributed by atoms with Crippen molar-refractivity contribution in [1.82, 2.24) is 0 Å². The van der Waals surface area contributed by atoms with Gasteiger partial charge in [0.2, 0.25) is 0 Å². The Labute approximate surface area is 162 Å². The molecule has 0 saturated carbocycles. The molecule has 6 nitrogen and oxygen atoms in total. The van der Waals surface area contributed by atoms with Crippen molar-refractivity contribution in [2.24, 2.45) is 0 Å². The molecule has 4 rings (SSSR count). The monoisotopic (exact) mass is 374 g/mol. The standard InChI is InChI=1S/C22H18N2O4/c1-24(15-10-12-17(13-11-15)28-16-6-3-2-4-7-16)22(26)18-8-5-9-19-21(18)27-14-20(25)23-19/h2-13H,14H2,1H3,(H,23,25). The Hall–Kier alpha value is -3.80. The summed E-state index contributed by atoms with van der Waals surface area (Å²) in [4.78, 5) is 26.0. The highest BCUT2D eigenvalue weighted by Gasteiger charge is 2.24. The molecular weight excluding hydrogens is 356 g/mol. The van der Waals surface area contributed by atoms with E-state index < -0.39 is 0 Å². The average Bonchev–Trinajstić information content (AvgIpc) is 2.73. The lowest BCUT2D eigenvalue weighted by Gasteiger charge is -2.23. The molecule has 1 aliphatic heterocycles. The molecule has 0 aromatic heterocycles. The highest BCUT2D eigenvalue weighted by Crippen LogP contribution is 2.33. The maximum Gasteiger partial charge on any atom is 0.262 e. The lowest BCUT2D eigenvalue weighted by Crippen LogP contribution is -2.30. The van der Waals surface area contributed by atoms with E-state index in [9.17, 15) is 9.59 Å². The van der Waals surface area contributed by atoms with Crippen LogP contribution < -0.4 is 19.7 Å². The summed E-state index contributed by atoms with van der Waals surface area (Å²) in [5.41, 5.74) is 1.61. The number of carbonyl (C=O) groups excluding carboxylic acids is 2. The fourth-order valence-corrected chi connectivity index (χ4v) is 2.94. The summed E-state index contributed by atoms with van der Waals surface area (Å²) >= 11 is 0. The first kappa shape index (κ1) is 17.6. The van der Waals surface area contributed by atoms with Gasteiger partial charge in [-0.25, -0.2) is 0 Å². The second kappa shape index (κ2) is 7.44. The van der Waals surface area contributed by atoms with E-state index >= 15 is 0 Å². The maximum absolute atomic E-state index is 13.0. The number of nitrogens with one attached hydrogen (secondary N) is 1. The Kier molecular flexibility index (Phi) is 4.68. The molecule has 3 aromatic carbocycles. The first-order valence-electron chi connectivity index (χ1n) is 8.78. The van der Waals surface area contributed by atoms with Gasteiger partial charge in [0, 0.05) is 12.7 Å². The molecule has 6 heteroatoms. The molecule has 1 aliphatic rings. The number of benzene rings is 3. The number of ether oxygens (including phenoxy) is 2. The molecule has 0 aliphatic carbocycles. The Morgan fingerprint density at radius 3 is 2.43 bits per heavy atom. The van der Waals surface area contributed by atoms with Crippen molar-refractivity contribution < 1.29 is 19.1 Å². The van der Waals surface area contributed by atoms with Crippen LogP contribution >= 0.6 is 0 Å². The summed E-state index contributed by atoms with van der Waals surface area (Å²) in [6, 6.07) is 21.8. The van der Waals surface area contributed by atoms with Crippen molar-refractivity contribution in [2.45, 2.75) is 0 Å². The van der Waals surface area contributed by atoms with Crippen molar-refractivity contribution in [2.75, 3.05) is 23.9 Å². The van der Waals surface area contributed by atoms with Gasteiger partial charge in [0.05, 0.1) is 11.3 Å². The predicted molar refractivity (Wildman–Crippen MR) is 106 cm³/mol. The number of hydrogen-bond acceptors (Lipinski definition) is 4. The molecule has 140 valence electrons. The largest absolute Gasteiger partial charge is 0.481 e. The van der Waals surface area contributed by atoms with Gasteiger partial charge in [0.25, 0.3) is 11.8 Å². The van der Waals surface area contributed by atoms with E-state index in [-0.39, 0.29) is 18.4 Å². The van der Waals surface area contributed by atoms with Crippen LogP contribution in [-0.4, -0.2) is 25.5 Å². The summed E-state index contributed by atoms with van der Waals surface area (Å²) in [6.07, 6.45) is 0. The number of anilines is 2. The van der Waals surface area contributed by atoms with Gasteiger partial charge in [-0.3, -0.25) is 9.59 Å². The van der Waals surface area contributed by atoms with Crippen LogP contribution in [0.25, 0.3) is 0 Å². The Bertz CT molecular complexity index is 1020. The Morgan fingerprint density at radius 1 is 0.964 bits per heavy atom. The van der Waals surface area contributed by atoms with Crippen LogP contribution in [0.3, 0.4) is 0 Å². The second-order valence-electron chi connectivity index (χ2n) is 6.29. The van der Waals surface area contributed by atoms with Crippen LogP contribution in [0.1, 0.15) is 10.4 Å². The molecule has 0 radical (unpaired) electrons. The normalized spacial score (nSPS) is 12.4. The van der Waals surface area contributed by atoms with Crippen LogP contribution in [-0.2, 0) is 4.79 Å². The van der Waals surface area contributed by atoms with Crippen molar-refractivity contribution >= 4 is 23.2 Å². The summed E-state index contributed by atoms with van der Waals surface area (Å²) < 4.78 is 11.3. The van der Waals surface area contributed by atoms with Gasteiger partial charge in [0.15, 0.2) is 12.4 Å². The van der Waals surface area contributed by atoms with Gasteiger partial charge in [-0.2, -0.15) is 0 Å². The molecule has 0 fully saturated rings. The molecule has 0 unspecified atom stereocenters. The first-order chi connectivity index (χ1) is 13.6. The topological polar surface area (TPSA) is 67.9 Å². The second-order valence-corrected chi connectivity index (χ2v) is 6.29. The number of hydrogen-bond donors (Lipinski definition) is 1. The zero-order valence-corrected chi connectivity index (χ0v) is 15.2. The SMILES string of the molecule is CN(C(=O)c1cccc2c1OCC(=O)N2)c1ccc(Oc2ccccc2)cc1. The molecular formula is C22H18N2O4. The fraction of sp³-hybridized carbons (Fsp3) is 0.0909. The van der Waals surface area contributed by atoms with E-state index in [1.54, 1.807) is 25.2 Å². The molecule has 0 saturated heterocycles. The number of rotatable bonds is 4. The smallest absolute Gasteiger partial charge is 0.262 e. The molecule has 28 heavy (non-hydrogen) atoms. The third-order valence-electron chi connectivity index (χ3n) is 4.37. The minimum absolute atomic E-state index is 0.105. The minimum Gasteiger partial charge on any atom is -0.481 e. The summed E-state index contributed by atoms with van der Waals surface area (Å²) in [5.74, 6) is 1.35. The molecule has 2 amide bonds. The maximum atomic E-state index is 13.0. The van der Waals surface area contributed by atoms with Gasteiger partial charge in [-0.1, -0.05) is 24.3 Å². The van der Waals surface area contributed by atoms with E-state index in [2.05, 4.69) is 5.32 Å². The van der Waals surface area contributed by atoms with E-state index in [0.717, 1.165) is 5.75 Å². The molecule has 1 N–H and O–H groups in total. The first-order valence-corrected chi connectivity index (χ1v) is 8.78. The van der Waals surface area contributed by atoms with E-state index in [0.29, 0.717) is 28.4 Å². The third-order valence-corrected chi connectivity index (χ3v) is 4.37. The molecule has 1 heterocycles. The van der Waals surface area contributed by atoms with Crippen molar-refractivity contribution in [3.8, 4) is 17.2 Å². The van der Waals surface area contributed by atoms with Gasteiger partial charge in [-0.05, 0) is 48.5 Å². The van der Waals surface area contributed by atoms with Gasteiger partial charge < -0.3 is 19.7 Å². The number of fused-ring (bicyclic) bond motifs is 1. The van der Waals surface area contributed by atoms with Crippen LogP contribution in [0.2, 0.25) is 0 Å². The highest BCUT2D eigenvalue weighted by molar-refractivity contribution is 6.10. The van der Waals surface area contributed by atoms with Crippen molar-refractivity contribution in [1.29, 1.82) is 0 Å². The molecule has 0 bridgehead atoms. The Morgan fingerprint density at radius 2 is 1.68 bits per heavy atom. The summed E-state index contributed by atoms with van der Waals surface area (Å²) in [6.45, 7) is -0.105. The van der Waals surface area contributed by atoms with Crippen LogP contribution in [0.4, 0.5) is 11.4 Å². The lowest BCUT2D eigenvalue weighted by molar-refractivity contribution is -0.118. The Balaban J connectivity index is 1.53. The third kappa shape index (κ3) is 3.53. The quantitative estimate of drug-likeness (QED) is 0.747. The summed E-state index contributed by atoms with van der Waals surface area (Å²) in [7, 11) is 1.69. The van der Waals surface area contributed by atoms with E-state index in [4.69, 9.17) is 9.47 Å². The predicted octanol–water partition coefficient (Wildman–Crippen LogP) is 4.09. The van der Waals surface area contributed by atoms with Crippen LogP contribution in [0.5, 0.6) is 17.2 Å². The van der Waals surface area contributed by atoms with E-state index in [1.807, 2.05) is 54.6 Å². The number of amides is 2. The van der Waals surface area contributed by atoms with E-state index in [1.165, 1.54) is 4.90 Å². The van der Waals surface area contributed by atoms with Gasteiger partial charge in [-0.15, -0.1) is 0 Å².